The van der Waals surface area contributed by atoms with Gasteiger partial charge in [0.25, 0.3) is 0 Å². The number of fused-ring (bicyclic) bond motifs is 1. The van der Waals surface area contributed by atoms with E-state index >= 15 is 0 Å². The van der Waals surface area contributed by atoms with Crippen molar-refractivity contribution in [3.63, 3.8) is 0 Å². The summed E-state index contributed by atoms with van der Waals surface area (Å²) in [6, 6.07) is -3.03. The zero-order valence-corrected chi connectivity index (χ0v) is 17.9. The second kappa shape index (κ2) is 9.59. The Bertz CT molecular complexity index is 879. The van der Waals surface area contributed by atoms with Crippen LogP contribution in [0, 0.1) is 11.8 Å². The fraction of sp³-hybridized carbons (Fsp3) is 0.708. The maximum absolute atomic E-state index is 13.2. The summed E-state index contributed by atoms with van der Waals surface area (Å²) >= 11 is 0. The van der Waals surface area contributed by atoms with Crippen LogP contribution in [0.4, 0.5) is 0 Å². The smallest absolute Gasteiger partial charge is 0.237 e. The van der Waals surface area contributed by atoms with Gasteiger partial charge in [0, 0.05) is 24.7 Å². The SMILES string of the molecule is [2H]c1c([2H])c([2H])c(C[C@H](N)[C@H](O)CN2C[C@H]3CCCC[C@H]3C[C@H]2C(=O)NC(C)(C)C)c([2H])c1[2H]. The van der Waals surface area contributed by atoms with Crippen molar-refractivity contribution in [3.05, 3.63) is 35.8 Å². The molecule has 4 N–H and O–H groups in total. The van der Waals surface area contributed by atoms with E-state index in [0.717, 1.165) is 25.8 Å². The van der Waals surface area contributed by atoms with Gasteiger partial charge in [-0.3, -0.25) is 9.69 Å². The first-order chi connectivity index (χ1) is 15.8. The fourth-order valence-corrected chi connectivity index (χ4v) is 4.75. The molecule has 1 saturated carbocycles. The van der Waals surface area contributed by atoms with Crippen LogP contribution in [0.1, 0.15) is 65.3 Å². The van der Waals surface area contributed by atoms with Crippen molar-refractivity contribution in [3.8, 4) is 0 Å². The molecule has 5 atom stereocenters. The van der Waals surface area contributed by atoms with Gasteiger partial charge in [-0.2, -0.15) is 0 Å². The van der Waals surface area contributed by atoms with E-state index < -0.39 is 30.3 Å². The Balaban J connectivity index is 1.76. The first-order valence-electron chi connectivity index (χ1n) is 13.4. The summed E-state index contributed by atoms with van der Waals surface area (Å²) in [7, 11) is 0. The summed E-state index contributed by atoms with van der Waals surface area (Å²) in [5.74, 6) is 0.970. The van der Waals surface area contributed by atoms with Gasteiger partial charge in [-0.25, -0.2) is 0 Å². The topological polar surface area (TPSA) is 78.6 Å². The lowest BCUT2D eigenvalue weighted by Gasteiger charge is -2.46. The zero-order chi connectivity index (χ0) is 25.4. The van der Waals surface area contributed by atoms with Crippen molar-refractivity contribution in [1.82, 2.24) is 10.2 Å². The minimum atomic E-state index is -1.01. The van der Waals surface area contributed by atoms with Crippen molar-refractivity contribution in [2.24, 2.45) is 17.6 Å². The fourth-order valence-electron chi connectivity index (χ4n) is 4.75. The quantitative estimate of drug-likeness (QED) is 0.679. The van der Waals surface area contributed by atoms with Gasteiger partial charge in [0.05, 0.1) is 19.0 Å². The first-order valence-corrected chi connectivity index (χ1v) is 10.9. The number of aliphatic hydroxyl groups is 1. The third kappa shape index (κ3) is 6.27. The molecule has 3 rings (SSSR count). The summed E-state index contributed by atoms with van der Waals surface area (Å²) in [6.45, 7) is 6.78. The van der Waals surface area contributed by atoms with E-state index in [2.05, 4.69) is 5.32 Å². The normalized spacial score (nSPS) is 30.1. The number of hydrogen-bond donors (Lipinski definition) is 3. The van der Waals surface area contributed by atoms with Gasteiger partial charge in [-0.1, -0.05) is 49.5 Å². The second-order valence-corrected chi connectivity index (χ2v) is 9.79. The third-order valence-corrected chi connectivity index (χ3v) is 6.21. The van der Waals surface area contributed by atoms with Gasteiger partial charge >= 0.3 is 0 Å². The van der Waals surface area contributed by atoms with E-state index in [-0.39, 0.29) is 48.1 Å². The molecular formula is C24H39N3O2. The van der Waals surface area contributed by atoms with Crippen molar-refractivity contribution >= 4 is 5.91 Å². The Labute approximate surface area is 183 Å². The number of nitrogens with zero attached hydrogens (tertiary/aromatic N) is 1. The molecule has 2 fully saturated rings. The highest BCUT2D eigenvalue weighted by atomic mass is 16.3. The lowest BCUT2D eigenvalue weighted by atomic mass is 9.72. The van der Waals surface area contributed by atoms with Gasteiger partial charge in [0.1, 0.15) is 0 Å². The average Bonchev–Trinajstić information content (AvgIpc) is 2.77. The number of hydrogen-bond acceptors (Lipinski definition) is 4. The number of nitrogens with two attached hydrogens (primary N) is 1. The van der Waals surface area contributed by atoms with Crippen LogP contribution in [-0.4, -0.2) is 52.7 Å². The maximum atomic E-state index is 13.2. The van der Waals surface area contributed by atoms with Gasteiger partial charge < -0.3 is 16.2 Å². The zero-order valence-electron chi connectivity index (χ0n) is 22.9. The highest BCUT2D eigenvalue weighted by Gasteiger charge is 2.41. The average molecular weight is 407 g/mol. The van der Waals surface area contributed by atoms with Crippen LogP contribution in [0.5, 0.6) is 0 Å². The standard InChI is InChI=1S/C24H39N3O2/c1-24(2,3)26-23(29)21-14-18-11-7-8-12-19(18)15-27(21)16-22(28)20(25)13-17-9-5-4-6-10-17/h4-6,9-10,18-22,28H,7-8,11-16,25H2,1-3H3,(H,26,29)/t18-,19+,20-,21-,22+/m0/s1/i4D,5D,6D,9D,10D. The maximum Gasteiger partial charge on any atom is 0.237 e. The van der Waals surface area contributed by atoms with E-state index in [9.17, 15) is 9.90 Å². The van der Waals surface area contributed by atoms with Crippen LogP contribution in [-0.2, 0) is 11.2 Å². The number of piperidine rings is 1. The summed E-state index contributed by atoms with van der Waals surface area (Å²) in [6.07, 6.45) is 4.34. The third-order valence-electron chi connectivity index (χ3n) is 6.21. The van der Waals surface area contributed by atoms with Gasteiger partial charge in [0.2, 0.25) is 5.91 Å². The predicted octanol–water partition coefficient (Wildman–Crippen LogP) is 2.71. The molecule has 29 heavy (non-hydrogen) atoms. The Morgan fingerprint density at radius 3 is 2.59 bits per heavy atom. The number of benzene rings is 1. The van der Waals surface area contributed by atoms with E-state index in [1.807, 2.05) is 25.7 Å². The molecule has 0 radical (unpaired) electrons. The molecule has 0 aromatic heterocycles. The van der Waals surface area contributed by atoms with Gasteiger partial charge in [-0.15, -0.1) is 0 Å². The molecule has 1 aromatic carbocycles. The molecule has 1 aliphatic heterocycles. The molecule has 1 aromatic rings. The van der Waals surface area contributed by atoms with Gasteiger partial charge in [0.15, 0.2) is 0 Å². The van der Waals surface area contributed by atoms with E-state index in [0.29, 0.717) is 11.8 Å². The number of rotatable bonds is 6. The number of carbonyl (C=O) groups is 1. The molecule has 162 valence electrons. The Morgan fingerprint density at radius 2 is 1.93 bits per heavy atom. The second-order valence-electron chi connectivity index (χ2n) is 9.79. The lowest BCUT2D eigenvalue weighted by molar-refractivity contribution is -0.132. The summed E-state index contributed by atoms with van der Waals surface area (Å²) in [4.78, 5) is 15.2. The number of carbonyl (C=O) groups excluding carboxylic acids is 1. The van der Waals surface area contributed by atoms with Crippen molar-refractivity contribution in [1.29, 1.82) is 0 Å². The Hall–Kier alpha value is -1.43. The highest BCUT2D eigenvalue weighted by molar-refractivity contribution is 5.82. The molecule has 0 bridgehead atoms. The number of nitrogens with one attached hydrogen (secondary N) is 1. The Kier molecular flexibility index (Phi) is 5.38. The highest BCUT2D eigenvalue weighted by Crippen LogP contribution is 2.38. The monoisotopic (exact) mass is 406 g/mol. The minimum Gasteiger partial charge on any atom is -0.390 e. The van der Waals surface area contributed by atoms with Crippen molar-refractivity contribution in [2.75, 3.05) is 13.1 Å². The number of aliphatic hydroxyl groups excluding tert-OH is 1. The minimum absolute atomic E-state index is 0.0390. The molecular weight excluding hydrogens is 362 g/mol. The number of likely N-dealkylation sites (tertiary alicyclic amines) is 1. The molecule has 5 heteroatoms. The molecule has 1 amide bonds. The lowest BCUT2D eigenvalue weighted by Crippen LogP contribution is -2.59. The Morgan fingerprint density at radius 1 is 1.28 bits per heavy atom. The predicted molar refractivity (Wildman–Crippen MR) is 117 cm³/mol. The van der Waals surface area contributed by atoms with Crippen molar-refractivity contribution < 1.29 is 16.8 Å². The summed E-state index contributed by atoms with van der Waals surface area (Å²) in [5.41, 5.74) is 6.03. The molecule has 2 aliphatic rings. The molecule has 1 heterocycles. The van der Waals surface area contributed by atoms with E-state index in [1.54, 1.807) is 0 Å². The van der Waals surface area contributed by atoms with Gasteiger partial charge in [-0.05, 0) is 57.4 Å². The first kappa shape index (κ1) is 16.3. The van der Waals surface area contributed by atoms with E-state index in [4.69, 9.17) is 12.6 Å². The van der Waals surface area contributed by atoms with Crippen LogP contribution in [0.15, 0.2) is 30.2 Å². The molecule has 0 unspecified atom stereocenters. The number of β-amino-alcohol motifs (C(OH)–C–C–N with tert-alkyl or cyclic N) is 1. The molecule has 1 saturated heterocycles. The van der Waals surface area contributed by atoms with Crippen LogP contribution in [0.25, 0.3) is 0 Å². The number of amides is 1. The van der Waals surface area contributed by atoms with Crippen LogP contribution in [0.2, 0.25) is 0 Å². The molecule has 0 spiro atoms. The summed E-state index contributed by atoms with van der Waals surface area (Å²) in [5, 5.41) is 14.1. The largest absolute Gasteiger partial charge is 0.390 e. The van der Waals surface area contributed by atoms with E-state index in [1.165, 1.54) is 12.8 Å². The van der Waals surface area contributed by atoms with Crippen LogP contribution in [0.3, 0.4) is 0 Å². The molecule has 5 nitrogen and oxygen atoms in total. The summed E-state index contributed by atoms with van der Waals surface area (Å²) < 4.78 is 39.7. The van der Waals surface area contributed by atoms with Crippen LogP contribution >= 0.6 is 0 Å². The van der Waals surface area contributed by atoms with Crippen LogP contribution < -0.4 is 11.1 Å². The molecule has 1 aliphatic carbocycles. The van der Waals surface area contributed by atoms with Crippen molar-refractivity contribution in [2.45, 2.75) is 83.0 Å².